The Labute approximate surface area is 159 Å². The normalized spacial score (nSPS) is 12.7. The van der Waals surface area contributed by atoms with Crippen molar-refractivity contribution < 1.29 is 4.79 Å². The van der Waals surface area contributed by atoms with Gasteiger partial charge in [0, 0.05) is 24.8 Å². The lowest BCUT2D eigenvalue weighted by Crippen LogP contribution is -2.25. The summed E-state index contributed by atoms with van der Waals surface area (Å²) in [6.07, 6.45) is 0.980. The molecule has 2 aromatic carbocycles. The van der Waals surface area contributed by atoms with Crippen LogP contribution in [0.1, 0.15) is 33.0 Å². The number of nitrogens with one attached hydrogen (secondary N) is 1. The number of aromatic nitrogens is 2. The Morgan fingerprint density at radius 1 is 1.07 bits per heavy atom. The summed E-state index contributed by atoms with van der Waals surface area (Å²) in [5.74, 6) is 1.18. The van der Waals surface area contributed by atoms with Crippen LogP contribution in [0, 0.1) is 13.8 Å². The average Bonchev–Trinajstić information content (AvgIpc) is 3.11. The molecule has 1 aliphatic heterocycles. The smallest absolute Gasteiger partial charge is 0.270 e. The summed E-state index contributed by atoms with van der Waals surface area (Å²) in [7, 11) is 0. The maximum Gasteiger partial charge on any atom is 0.270 e. The Morgan fingerprint density at radius 2 is 1.85 bits per heavy atom. The number of rotatable bonds is 4. The van der Waals surface area contributed by atoms with Crippen LogP contribution >= 0.6 is 0 Å². The number of benzene rings is 2. The highest BCUT2D eigenvalue weighted by Crippen LogP contribution is 2.33. The lowest BCUT2D eigenvalue weighted by molar-refractivity contribution is 0.0945. The largest absolute Gasteiger partial charge is 0.347 e. The van der Waals surface area contributed by atoms with Gasteiger partial charge in [-0.2, -0.15) is 0 Å². The number of amides is 1. The second-order valence-corrected chi connectivity index (χ2v) is 6.86. The van der Waals surface area contributed by atoms with Gasteiger partial charge in [0.15, 0.2) is 0 Å². The fourth-order valence-electron chi connectivity index (χ4n) is 3.36. The predicted octanol–water partition coefficient (Wildman–Crippen LogP) is 3.72. The number of para-hydroxylation sites is 1. The molecule has 2 heterocycles. The van der Waals surface area contributed by atoms with Crippen molar-refractivity contribution >= 4 is 17.4 Å². The number of carbonyl (C=O) groups excluding carboxylic acids is 1. The van der Waals surface area contributed by atoms with Gasteiger partial charge in [-0.1, -0.05) is 48.0 Å². The maximum absolute atomic E-state index is 12.6. The van der Waals surface area contributed by atoms with Crippen LogP contribution in [0.4, 0.5) is 11.5 Å². The molecule has 0 spiro atoms. The van der Waals surface area contributed by atoms with E-state index in [9.17, 15) is 4.79 Å². The minimum atomic E-state index is -0.185. The molecular weight excluding hydrogens is 336 g/mol. The van der Waals surface area contributed by atoms with Crippen molar-refractivity contribution in [3.63, 3.8) is 0 Å². The molecule has 0 fully saturated rings. The molecule has 0 bridgehead atoms. The summed E-state index contributed by atoms with van der Waals surface area (Å²) >= 11 is 0. The van der Waals surface area contributed by atoms with Gasteiger partial charge < -0.3 is 10.2 Å². The van der Waals surface area contributed by atoms with Gasteiger partial charge in [0.2, 0.25) is 0 Å². The van der Waals surface area contributed by atoms with Gasteiger partial charge in [0.25, 0.3) is 5.91 Å². The molecule has 0 unspecified atom stereocenters. The lowest BCUT2D eigenvalue weighted by atomic mass is 10.1. The molecule has 5 heteroatoms. The van der Waals surface area contributed by atoms with Gasteiger partial charge in [0.1, 0.15) is 17.3 Å². The molecule has 0 radical (unpaired) electrons. The third kappa shape index (κ3) is 3.67. The minimum Gasteiger partial charge on any atom is -0.347 e. The summed E-state index contributed by atoms with van der Waals surface area (Å²) in [5.41, 5.74) is 5.12. The first kappa shape index (κ1) is 17.2. The number of hydrogen-bond acceptors (Lipinski definition) is 4. The molecule has 1 aromatic heterocycles. The van der Waals surface area contributed by atoms with Crippen LogP contribution in [0.3, 0.4) is 0 Å². The number of carbonyl (C=O) groups is 1. The second kappa shape index (κ2) is 7.19. The van der Waals surface area contributed by atoms with Crippen molar-refractivity contribution in [3.8, 4) is 0 Å². The summed E-state index contributed by atoms with van der Waals surface area (Å²) < 4.78 is 0. The number of anilines is 2. The first-order chi connectivity index (χ1) is 13.1. The van der Waals surface area contributed by atoms with E-state index in [1.54, 1.807) is 6.07 Å². The second-order valence-electron chi connectivity index (χ2n) is 6.86. The van der Waals surface area contributed by atoms with Crippen LogP contribution in [0.2, 0.25) is 0 Å². The Bertz CT molecular complexity index is 982. The molecule has 1 amide bonds. The van der Waals surface area contributed by atoms with Crippen molar-refractivity contribution in [2.45, 2.75) is 26.8 Å². The van der Waals surface area contributed by atoms with Gasteiger partial charge in [-0.05, 0) is 37.5 Å². The summed E-state index contributed by atoms with van der Waals surface area (Å²) in [5, 5.41) is 2.95. The zero-order valence-corrected chi connectivity index (χ0v) is 15.6. The van der Waals surface area contributed by atoms with E-state index in [1.807, 2.05) is 44.2 Å². The predicted molar refractivity (Wildman–Crippen MR) is 106 cm³/mol. The fourth-order valence-corrected chi connectivity index (χ4v) is 3.36. The molecule has 0 saturated heterocycles. The molecule has 1 N–H and O–H groups in total. The van der Waals surface area contributed by atoms with Crippen molar-refractivity contribution in [2.24, 2.45) is 0 Å². The molecule has 0 aliphatic carbocycles. The maximum atomic E-state index is 12.6. The van der Waals surface area contributed by atoms with E-state index in [0.29, 0.717) is 18.1 Å². The van der Waals surface area contributed by atoms with Crippen molar-refractivity contribution in [3.05, 3.63) is 82.8 Å². The van der Waals surface area contributed by atoms with Crippen LogP contribution in [-0.2, 0) is 13.0 Å². The van der Waals surface area contributed by atoms with E-state index in [4.69, 9.17) is 0 Å². The summed E-state index contributed by atoms with van der Waals surface area (Å²) in [4.78, 5) is 23.7. The molecule has 0 saturated carbocycles. The number of aryl methyl sites for hydroxylation is 2. The topological polar surface area (TPSA) is 58.1 Å². The van der Waals surface area contributed by atoms with Gasteiger partial charge in [-0.3, -0.25) is 4.79 Å². The van der Waals surface area contributed by atoms with E-state index in [-0.39, 0.29) is 5.91 Å². The third-order valence-electron chi connectivity index (χ3n) is 4.79. The van der Waals surface area contributed by atoms with Crippen LogP contribution in [-0.4, -0.2) is 22.4 Å². The highest BCUT2D eigenvalue weighted by molar-refractivity contribution is 5.93. The molecule has 4 rings (SSSR count). The SMILES string of the molecule is Cc1ccc(CNC(=O)c2cc(N3CCc4ccccc43)nc(C)n2)cc1. The van der Waals surface area contributed by atoms with Crippen molar-refractivity contribution in [1.82, 2.24) is 15.3 Å². The van der Waals surface area contributed by atoms with Crippen molar-refractivity contribution in [1.29, 1.82) is 0 Å². The first-order valence-electron chi connectivity index (χ1n) is 9.15. The Kier molecular flexibility index (Phi) is 4.59. The Hall–Kier alpha value is -3.21. The van der Waals surface area contributed by atoms with Gasteiger partial charge in [-0.25, -0.2) is 9.97 Å². The zero-order valence-electron chi connectivity index (χ0n) is 15.6. The summed E-state index contributed by atoms with van der Waals surface area (Å²) in [6, 6.07) is 18.2. The van der Waals surface area contributed by atoms with Gasteiger partial charge in [-0.15, -0.1) is 0 Å². The summed E-state index contributed by atoms with van der Waals surface area (Å²) in [6.45, 7) is 5.20. The number of fused-ring (bicyclic) bond motifs is 1. The monoisotopic (exact) mass is 358 g/mol. The zero-order chi connectivity index (χ0) is 18.8. The molecule has 136 valence electrons. The first-order valence-corrected chi connectivity index (χ1v) is 9.15. The number of nitrogens with zero attached hydrogens (tertiary/aromatic N) is 3. The van der Waals surface area contributed by atoms with E-state index in [2.05, 4.69) is 38.4 Å². The van der Waals surface area contributed by atoms with E-state index in [0.717, 1.165) is 30.0 Å². The Morgan fingerprint density at radius 3 is 2.67 bits per heavy atom. The van der Waals surface area contributed by atoms with Crippen LogP contribution < -0.4 is 10.2 Å². The molecule has 27 heavy (non-hydrogen) atoms. The molecule has 5 nitrogen and oxygen atoms in total. The minimum absolute atomic E-state index is 0.185. The highest BCUT2D eigenvalue weighted by atomic mass is 16.1. The van der Waals surface area contributed by atoms with Gasteiger partial charge >= 0.3 is 0 Å². The third-order valence-corrected chi connectivity index (χ3v) is 4.79. The molecule has 3 aromatic rings. The highest BCUT2D eigenvalue weighted by Gasteiger charge is 2.22. The Balaban J connectivity index is 1.54. The fraction of sp³-hybridized carbons (Fsp3) is 0.227. The van der Waals surface area contributed by atoms with Crippen LogP contribution in [0.5, 0.6) is 0 Å². The quantitative estimate of drug-likeness (QED) is 0.772. The standard InChI is InChI=1S/C22H22N4O/c1-15-7-9-17(10-8-15)14-23-22(27)19-13-21(25-16(2)24-19)26-12-11-18-5-3-4-6-20(18)26/h3-10,13H,11-12,14H2,1-2H3,(H,23,27). The van der Waals surface area contributed by atoms with Crippen molar-refractivity contribution in [2.75, 3.05) is 11.4 Å². The number of hydrogen-bond donors (Lipinski definition) is 1. The van der Waals surface area contributed by atoms with Gasteiger partial charge in [0.05, 0.1) is 0 Å². The molecule has 0 atom stereocenters. The van der Waals surface area contributed by atoms with Crippen LogP contribution in [0.15, 0.2) is 54.6 Å². The average molecular weight is 358 g/mol. The lowest BCUT2D eigenvalue weighted by Gasteiger charge is -2.19. The molecular formula is C22H22N4O. The van der Waals surface area contributed by atoms with E-state index in [1.165, 1.54) is 11.1 Å². The molecule has 1 aliphatic rings. The van der Waals surface area contributed by atoms with E-state index >= 15 is 0 Å². The van der Waals surface area contributed by atoms with E-state index < -0.39 is 0 Å². The van der Waals surface area contributed by atoms with Crippen LogP contribution in [0.25, 0.3) is 0 Å².